The van der Waals surface area contributed by atoms with Gasteiger partial charge in [-0.25, -0.2) is 0 Å². The summed E-state index contributed by atoms with van der Waals surface area (Å²) in [5.74, 6) is 2.05. The van der Waals surface area contributed by atoms with Crippen molar-refractivity contribution >= 4 is 6.21 Å². The molecule has 4 atom stereocenters. The topological polar surface area (TPSA) is 47.6 Å². The molecule has 3 aliphatic carbocycles. The highest BCUT2D eigenvalue weighted by Gasteiger charge is 2.53. The van der Waals surface area contributed by atoms with Crippen LogP contribution in [0.2, 0.25) is 0 Å². The van der Waals surface area contributed by atoms with Gasteiger partial charge in [0.1, 0.15) is 6.61 Å². The highest BCUT2D eigenvalue weighted by Crippen LogP contribution is 2.61. The van der Waals surface area contributed by atoms with Crippen LogP contribution in [0.4, 0.5) is 0 Å². The standard InChI is InChI=1S/C22H36N2O/c1-16(2)17-6-8-19-18(14-17)7-9-20-21(3,15-24-25-13-12-23)10-5-11-22(19,20)4/h7,14-16,19-20H,5-6,8-13,23H2,1-4H3/b24-15+/t19-,20-,21-,22+/m0/s1. The molecule has 0 aromatic rings. The Morgan fingerprint density at radius 2 is 2.16 bits per heavy atom. The molecule has 1 fully saturated rings. The van der Waals surface area contributed by atoms with Crippen molar-refractivity contribution in [2.24, 2.45) is 39.5 Å². The maximum atomic E-state index is 5.50. The fraction of sp³-hybridized carbons (Fsp3) is 0.773. The van der Waals surface area contributed by atoms with Crippen molar-refractivity contribution < 1.29 is 4.84 Å². The quantitative estimate of drug-likeness (QED) is 0.429. The molecule has 0 aromatic heterocycles. The largest absolute Gasteiger partial charge is 0.395 e. The fourth-order valence-corrected chi connectivity index (χ4v) is 5.81. The summed E-state index contributed by atoms with van der Waals surface area (Å²) in [6.07, 6.45) is 14.8. The maximum Gasteiger partial charge on any atom is 0.129 e. The molecule has 1 saturated carbocycles. The van der Waals surface area contributed by atoms with E-state index in [9.17, 15) is 0 Å². The van der Waals surface area contributed by atoms with E-state index in [0.29, 0.717) is 36.3 Å². The minimum atomic E-state index is 0.131. The van der Waals surface area contributed by atoms with E-state index in [1.807, 2.05) is 0 Å². The third-order valence-electron chi connectivity index (χ3n) is 7.26. The number of hydrogen-bond acceptors (Lipinski definition) is 3. The van der Waals surface area contributed by atoms with Gasteiger partial charge in [0.2, 0.25) is 0 Å². The minimum Gasteiger partial charge on any atom is -0.395 e. The van der Waals surface area contributed by atoms with Crippen LogP contribution < -0.4 is 5.73 Å². The Labute approximate surface area is 153 Å². The van der Waals surface area contributed by atoms with E-state index in [-0.39, 0.29) is 5.41 Å². The molecule has 3 heteroatoms. The normalized spacial score (nSPS) is 38.2. The van der Waals surface area contributed by atoms with Gasteiger partial charge in [-0.1, -0.05) is 57.0 Å². The van der Waals surface area contributed by atoms with Gasteiger partial charge in [0, 0.05) is 18.2 Å². The zero-order chi connectivity index (χ0) is 18.1. The molecule has 25 heavy (non-hydrogen) atoms. The van der Waals surface area contributed by atoms with Crippen LogP contribution in [0.15, 0.2) is 28.5 Å². The Bertz CT molecular complexity index is 577. The Balaban J connectivity index is 1.86. The number of allylic oxidation sites excluding steroid dienone is 4. The number of oxime groups is 1. The van der Waals surface area contributed by atoms with Crippen molar-refractivity contribution in [1.82, 2.24) is 0 Å². The first-order valence-corrected chi connectivity index (χ1v) is 10.2. The molecule has 0 aromatic carbocycles. The van der Waals surface area contributed by atoms with Crippen LogP contribution in [-0.2, 0) is 4.84 Å². The first-order chi connectivity index (χ1) is 11.9. The number of nitrogens with two attached hydrogens (primary N) is 1. The van der Waals surface area contributed by atoms with Gasteiger partial charge in [-0.05, 0) is 60.8 Å². The third-order valence-corrected chi connectivity index (χ3v) is 7.26. The predicted octanol–water partition coefficient (Wildman–Crippen LogP) is 5.08. The van der Waals surface area contributed by atoms with E-state index in [1.165, 1.54) is 38.5 Å². The van der Waals surface area contributed by atoms with E-state index in [0.717, 1.165) is 0 Å². The van der Waals surface area contributed by atoms with Gasteiger partial charge < -0.3 is 10.6 Å². The Morgan fingerprint density at radius 3 is 2.88 bits per heavy atom. The first kappa shape index (κ1) is 18.7. The number of nitrogens with zero attached hydrogens (tertiary/aromatic N) is 1. The van der Waals surface area contributed by atoms with E-state index in [4.69, 9.17) is 10.6 Å². The Kier molecular flexibility index (Phi) is 5.43. The van der Waals surface area contributed by atoms with Crippen molar-refractivity contribution in [2.75, 3.05) is 13.2 Å². The monoisotopic (exact) mass is 344 g/mol. The average Bonchev–Trinajstić information content (AvgIpc) is 2.58. The molecule has 0 aliphatic heterocycles. The molecule has 3 aliphatic rings. The van der Waals surface area contributed by atoms with Crippen molar-refractivity contribution in [3.8, 4) is 0 Å². The zero-order valence-electron chi connectivity index (χ0n) is 16.6. The van der Waals surface area contributed by atoms with Crippen molar-refractivity contribution in [3.63, 3.8) is 0 Å². The fourth-order valence-electron chi connectivity index (χ4n) is 5.81. The van der Waals surface area contributed by atoms with Gasteiger partial charge in [-0.2, -0.15) is 0 Å². The van der Waals surface area contributed by atoms with Crippen LogP contribution in [0.3, 0.4) is 0 Å². The molecule has 0 bridgehead atoms. The molecule has 140 valence electrons. The summed E-state index contributed by atoms with van der Waals surface area (Å²) < 4.78 is 0. The summed E-state index contributed by atoms with van der Waals surface area (Å²) in [5, 5.41) is 4.28. The third kappa shape index (κ3) is 3.45. The second kappa shape index (κ2) is 7.26. The van der Waals surface area contributed by atoms with Gasteiger partial charge in [0.15, 0.2) is 0 Å². The highest BCUT2D eigenvalue weighted by molar-refractivity contribution is 5.66. The average molecular weight is 345 g/mol. The molecule has 2 N–H and O–H groups in total. The lowest BCUT2D eigenvalue weighted by atomic mass is 9.47. The van der Waals surface area contributed by atoms with Crippen LogP contribution in [0.25, 0.3) is 0 Å². The predicted molar refractivity (Wildman–Crippen MR) is 105 cm³/mol. The summed E-state index contributed by atoms with van der Waals surface area (Å²) in [6, 6.07) is 0. The van der Waals surface area contributed by atoms with Crippen LogP contribution in [-0.4, -0.2) is 19.4 Å². The molecule has 0 saturated heterocycles. The lowest BCUT2D eigenvalue weighted by molar-refractivity contribution is -0.0142. The lowest BCUT2D eigenvalue weighted by Crippen LogP contribution is -2.50. The van der Waals surface area contributed by atoms with Crippen molar-refractivity contribution in [1.29, 1.82) is 0 Å². The maximum absolute atomic E-state index is 5.50. The molecule has 0 unspecified atom stereocenters. The number of fused-ring (bicyclic) bond motifs is 3. The molecule has 0 amide bonds. The van der Waals surface area contributed by atoms with E-state index < -0.39 is 0 Å². The summed E-state index contributed by atoms with van der Waals surface area (Å²) in [6.45, 7) is 10.6. The Hall–Kier alpha value is -1.09. The van der Waals surface area contributed by atoms with Crippen LogP contribution in [0, 0.1) is 28.6 Å². The molecule has 0 spiro atoms. The van der Waals surface area contributed by atoms with E-state index >= 15 is 0 Å². The first-order valence-electron chi connectivity index (χ1n) is 10.2. The van der Waals surface area contributed by atoms with Gasteiger partial charge in [0.25, 0.3) is 0 Å². The van der Waals surface area contributed by atoms with Crippen LogP contribution in [0.1, 0.15) is 66.2 Å². The summed E-state index contributed by atoms with van der Waals surface area (Å²) in [4.78, 5) is 5.33. The molecule has 3 nitrogen and oxygen atoms in total. The van der Waals surface area contributed by atoms with Crippen molar-refractivity contribution in [2.45, 2.75) is 66.2 Å². The number of rotatable bonds is 5. The number of hydrogen-bond donors (Lipinski definition) is 1. The molecule has 0 heterocycles. The van der Waals surface area contributed by atoms with Crippen LogP contribution >= 0.6 is 0 Å². The van der Waals surface area contributed by atoms with Crippen molar-refractivity contribution in [3.05, 3.63) is 23.3 Å². The van der Waals surface area contributed by atoms with E-state index in [1.54, 1.807) is 11.1 Å². The second-order valence-electron chi connectivity index (χ2n) is 9.18. The van der Waals surface area contributed by atoms with Crippen LogP contribution in [0.5, 0.6) is 0 Å². The summed E-state index contributed by atoms with van der Waals surface area (Å²) >= 11 is 0. The minimum absolute atomic E-state index is 0.131. The molecule has 0 radical (unpaired) electrons. The summed E-state index contributed by atoms with van der Waals surface area (Å²) in [5.41, 5.74) is 9.28. The van der Waals surface area contributed by atoms with Gasteiger partial charge in [-0.3, -0.25) is 0 Å². The lowest BCUT2D eigenvalue weighted by Gasteiger charge is -2.57. The Morgan fingerprint density at radius 1 is 1.36 bits per heavy atom. The molecule has 3 rings (SSSR count). The van der Waals surface area contributed by atoms with Gasteiger partial charge in [-0.15, -0.1) is 0 Å². The molecular weight excluding hydrogens is 308 g/mol. The molecular formula is C22H36N2O. The van der Waals surface area contributed by atoms with E-state index in [2.05, 4.69) is 51.2 Å². The van der Waals surface area contributed by atoms with Gasteiger partial charge >= 0.3 is 0 Å². The smallest absolute Gasteiger partial charge is 0.129 e. The zero-order valence-corrected chi connectivity index (χ0v) is 16.6. The highest BCUT2D eigenvalue weighted by atomic mass is 16.6. The second-order valence-corrected chi connectivity index (χ2v) is 9.18. The van der Waals surface area contributed by atoms with Gasteiger partial charge in [0.05, 0.1) is 0 Å². The summed E-state index contributed by atoms with van der Waals surface area (Å²) in [7, 11) is 0. The SMILES string of the molecule is CC(C)C1=CC2=CC[C@@H]3[C@](C)(CCC[C@@]3(C)/C=N/OCCN)[C@H]2CC1.